The Bertz CT molecular complexity index is 1770. The first-order chi connectivity index (χ1) is 30.1. The molecule has 0 aromatic carbocycles. The molecule has 5 fully saturated rings. The normalized spacial score (nSPS) is 26.1. The number of nitrogens with zero attached hydrogens (tertiary/aromatic N) is 5. The van der Waals surface area contributed by atoms with Gasteiger partial charge in [0.15, 0.2) is 0 Å². The molecule has 63 heavy (non-hydrogen) atoms. The highest BCUT2D eigenvalue weighted by Gasteiger charge is 2.47. The zero-order valence-electron chi connectivity index (χ0n) is 35.3. The van der Waals surface area contributed by atoms with Crippen molar-refractivity contribution >= 4 is 59.1 Å². The number of nitrogens with one attached hydrogen (secondary N) is 4. The number of hydrogen-bond acceptors (Lipinski definition) is 14. The van der Waals surface area contributed by atoms with Crippen LogP contribution in [0.2, 0.25) is 0 Å². The topological polar surface area (TPSA) is 348 Å². The molecule has 5 aliphatic rings. The van der Waals surface area contributed by atoms with Gasteiger partial charge in [0.2, 0.25) is 53.2 Å². The van der Waals surface area contributed by atoms with Crippen LogP contribution in [0.5, 0.6) is 0 Å². The molecule has 9 amide bonds. The molecule has 11 N–H and O–H groups in total. The third-order valence-electron chi connectivity index (χ3n) is 12.3. The molecule has 24 nitrogen and oxygen atoms in total. The van der Waals surface area contributed by atoms with Crippen molar-refractivity contribution in [3.8, 4) is 0 Å². The van der Waals surface area contributed by atoms with E-state index in [1.165, 1.54) is 19.6 Å². The number of β-amino-alcohol motifs (C(OH)–C–C–N with tert-alkyl or cyclic N) is 2. The van der Waals surface area contributed by atoms with Crippen LogP contribution in [0.1, 0.15) is 70.6 Å². The van der Waals surface area contributed by atoms with Crippen LogP contribution >= 0.6 is 0 Å². The van der Waals surface area contributed by atoms with Crippen LogP contribution in [0.15, 0.2) is 0 Å². The molecule has 0 bridgehead atoms. The first-order valence-corrected chi connectivity index (χ1v) is 21.7. The van der Waals surface area contributed by atoms with Crippen molar-refractivity contribution in [2.75, 3.05) is 65.4 Å². The van der Waals surface area contributed by atoms with Crippen molar-refractivity contribution in [3.05, 3.63) is 0 Å². The number of nitrogens with two attached hydrogens (primary N) is 2. The maximum absolute atomic E-state index is 14.0. The number of carbonyl (C=O) groups excluding carboxylic acids is 9. The van der Waals surface area contributed by atoms with Gasteiger partial charge in [-0.2, -0.15) is 0 Å². The summed E-state index contributed by atoms with van der Waals surface area (Å²) in [6, 6.07) is -6.08. The van der Waals surface area contributed by atoms with E-state index in [0.29, 0.717) is 51.5 Å². The summed E-state index contributed by atoms with van der Waals surface area (Å²) in [4.78, 5) is 137. The van der Waals surface area contributed by atoms with Gasteiger partial charge in [-0.05, 0) is 64.3 Å². The van der Waals surface area contributed by atoms with Gasteiger partial charge in [0.1, 0.15) is 42.8 Å². The standard InChI is InChI=1S/C39H61N11O13/c40-10-2-1-6-24(37(61)46-11-3-7-25(46)36(60)44-19-33(56)57)45-30(53)17-42-34(58)26-8-4-12-47(26)39(63)29-15-23(52)21-50(29)32(55)18-43-35(59)27-9-5-13-48(27)38(62)28-14-22(51)20-49(28)31(54)16-41/h22-29,51-52H,1-21,40-41H2,(H,42,58)(H,43,59)(H,44,60)(H,45,53)(H,56,57)/t22-,23-,24+,25+,26+,27+,28+,29+/m1/s1. The number of unbranched alkanes of at least 4 members (excludes halogenated alkanes) is 1. The fraction of sp³-hybridized carbons (Fsp3) is 0.744. The lowest BCUT2D eigenvalue weighted by molar-refractivity contribution is -0.147. The molecule has 8 atom stereocenters. The summed E-state index contributed by atoms with van der Waals surface area (Å²) in [6.45, 7) is -1.41. The zero-order valence-corrected chi connectivity index (χ0v) is 35.3. The number of carbonyl (C=O) groups is 10. The van der Waals surface area contributed by atoms with Gasteiger partial charge in [0, 0.05) is 45.6 Å². The number of carboxylic acids is 1. The molecule has 5 rings (SSSR count). The summed E-state index contributed by atoms with van der Waals surface area (Å²) in [5, 5.41) is 39.7. The van der Waals surface area contributed by atoms with E-state index in [2.05, 4.69) is 21.3 Å². The van der Waals surface area contributed by atoms with Gasteiger partial charge in [-0.15, -0.1) is 0 Å². The van der Waals surface area contributed by atoms with Crippen molar-refractivity contribution in [2.24, 2.45) is 11.5 Å². The number of carboxylic acid groups (broad SMARTS) is 1. The van der Waals surface area contributed by atoms with E-state index in [1.54, 1.807) is 0 Å². The van der Waals surface area contributed by atoms with Crippen LogP contribution in [0, 0.1) is 0 Å². The molecule has 0 aromatic heterocycles. The van der Waals surface area contributed by atoms with Crippen molar-refractivity contribution in [2.45, 2.75) is 119 Å². The number of aliphatic carboxylic acids is 1. The van der Waals surface area contributed by atoms with Gasteiger partial charge in [0.25, 0.3) is 0 Å². The largest absolute Gasteiger partial charge is 0.480 e. The number of aliphatic hydroxyl groups is 2. The summed E-state index contributed by atoms with van der Waals surface area (Å²) < 4.78 is 0. The van der Waals surface area contributed by atoms with Crippen molar-refractivity contribution in [1.29, 1.82) is 0 Å². The van der Waals surface area contributed by atoms with E-state index in [0.717, 1.165) is 4.90 Å². The Morgan fingerprint density at radius 3 is 1.52 bits per heavy atom. The molecule has 0 unspecified atom stereocenters. The highest BCUT2D eigenvalue weighted by atomic mass is 16.4. The van der Waals surface area contributed by atoms with Gasteiger partial charge in [-0.25, -0.2) is 0 Å². The predicted octanol–water partition coefficient (Wildman–Crippen LogP) is -6.11. The average Bonchev–Trinajstić information content (AvgIpc) is 4.12. The summed E-state index contributed by atoms with van der Waals surface area (Å²) in [5.41, 5.74) is 11.1. The molecule has 5 heterocycles. The Hall–Kier alpha value is -5.46. The number of hydrogen-bond donors (Lipinski definition) is 9. The Morgan fingerprint density at radius 1 is 0.571 bits per heavy atom. The monoisotopic (exact) mass is 891 g/mol. The lowest BCUT2D eigenvalue weighted by Crippen LogP contribution is -2.56. The highest BCUT2D eigenvalue weighted by molar-refractivity contribution is 5.98. The van der Waals surface area contributed by atoms with E-state index in [4.69, 9.17) is 16.6 Å². The second-order valence-electron chi connectivity index (χ2n) is 16.6. The molecule has 5 aliphatic heterocycles. The SMILES string of the molecule is NCCCC[C@H](NC(=O)CNC(=O)[C@@H]1CCCN1C(=O)[C@@H]1C[C@@H](O)CN1C(=O)CNC(=O)[C@@H]1CCCN1C(=O)[C@@H]1C[C@@H](O)CN1C(=O)CN)C(=O)N1CCC[C@H]1C(=O)NCC(=O)O. The zero-order chi connectivity index (χ0) is 46.0. The molecule has 0 spiro atoms. The quantitative estimate of drug-likeness (QED) is 0.0579. The fourth-order valence-corrected chi connectivity index (χ4v) is 9.20. The van der Waals surface area contributed by atoms with Gasteiger partial charge in [-0.3, -0.25) is 47.9 Å². The summed E-state index contributed by atoms with van der Waals surface area (Å²) in [7, 11) is 0. The van der Waals surface area contributed by atoms with Gasteiger partial charge in [0.05, 0.1) is 31.8 Å². The number of aliphatic hydroxyl groups excluding tert-OH is 2. The first kappa shape index (κ1) is 48.6. The summed E-state index contributed by atoms with van der Waals surface area (Å²) in [6.07, 6.45) is 1.34. The Kier molecular flexibility index (Phi) is 17.2. The third-order valence-corrected chi connectivity index (χ3v) is 12.3. The molecular weight excluding hydrogens is 830 g/mol. The summed E-state index contributed by atoms with van der Waals surface area (Å²) >= 11 is 0. The predicted molar refractivity (Wildman–Crippen MR) is 217 cm³/mol. The molecule has 24 heteroatoms. The smallest absolute Gasteiger partial charge is 0.322 e. The fourth-order valence-electron chi connectivity index (χ4n) is 9.20. The Labute approximate surface area is 363 Å². The summed E-state index contributed by atoms with van der Waals surface area (Å²) in [5.74, 6) is -6.68. The van der Waals surface area contributed by atoms with Crippen LogP contribution < -0.4 is 32.7 Å². The van der Waals surface area contributed by atoms with E-state index in [-0.39, 0.29) is 65.0 Å². The van der Waals surface area contributed by atoms with Crippen molar-refractivity contribution in [3.63, 3.8) is 0 Å². The van der Waals surface area contributed by atoms with Gasteiger partial charge >= 0.3 is 5.97 Å². The van der Waals surface area contributed by atoms with Gasteiger partial charge < -0.3 is 72.6 Å². The minimum atomic E-state index is -1.24. The second kappa shape index (κ2) is 22.2. The van der Waals surface area contributed by atoms with Gasteiger partial charge in [-0.1, -0.05) is 0 Å². The lowest BCUT2D eigenvalue weighted by Gasteiger charge is -2.32. The van der Waals surface area contributed by atoms with Crippen LogP contribution in [0.25, 0.3) is 0 Å². The van der Waals surface area contributed by atoms with Crippen LogP contribution in [-0.2, 0) is 47.9 Å². The number of rotatable bonds is 18. The molecule has 350 valence electrons. The van der Waals surface area contributed by atoms with Crippen molar-refractivity contribution in [1.82, 2.24) is 45.8 Å². The van der Waals surface area contributed by atoms with E-state index < -0.39 is 127 Å². The average molecular weight is 892 g/mol. The van der Waals surface area contributed by atoms with E-state index in [1.807, 2.05) is 0 Å². The first-order valence-electron chi connectivity index (χ1n) is 21.7. The molecule has 0 radical (unpaired) electrons. The maximum atomic E-state index is 14.0. The van der Waals surface area contributed by atoms with Crippen LogP contribution in [0.4, 0.5) is 0 Å². The number of amides is 9. The Morgan fingerprint density at radius 2 is 1.03 bits per heavy atom. The highest BCUT2D eigenvalue weighted by Crippen LogP contribution is 2.27. The van der Waals surface area contributed by atoms with E-state index in [9.17, 15) is 58.2 Å². The minimum Gasteiger partial charge on any atom is -0.480 e. The maximum Gasteiger partial charge on any atom is 0.322 e. The lowest BCUT2D eigenvalue weighted by atomic mass is 10.1. The molecule has 0 saturated carbocycles. The van der Waals surface area contributed by atoms with E-state index >= 15 is 0 Å². The Balaban J connectivity index is 1.14. The van der Waals surface area contributed by atoms with Crippen LogP contribution in [-0.4, -0.2) is 213 Å². The van der Waals surface area contributed by atoms with Crippen molar-refractivity contribution < 1.29 is 63.3 Å². The molecular formula is C39H61N11O13. The minimum absolute atomic E-state index is 0.00255. The van der Waals surface area contributed by atoms with Crippen LogP contribution in [0.3, 0.4) is 0 Å². The molecule has 0 aromatic rings. The molecule has 0 aliphatic carbocycles. The number of likely N-dealkylation sites (tertiary alicyclic amines) is 5. The molecule has 5 saturated heterocycles. The second-order valence-corrected chi connectivity index (χ2v) is 16.6. The third kappa shape index (κ3) is 12.0.